The topological polar surface area (TPSA) is 89.0 Å². The Morgan fingerprint density at radius 1 is 1.04 bits per heavy atom. The van der Waals surface area contributed by atoms with Crippen molar-refractivity contribution in [1.29, 1.82) is 0 Å². The minimum atomic E-state index is -3.62. The average Bonchev–Trinajstić information content (AvgIpc) is 3.05. The molecule has 3 rings (SSSR count). The third kappa shape index (κ3) is 4.41. The number of sulfone groups is 1. The first-order valence-electron chi connectivity index (χ1n) is 7.11. The van der Waals surface area contributed by atoms with E-state index in [0.717, 1.165) is 11.3 Å². The van der Waals surface area contributed by atoms with Gasteiger partial charge in [-0.2, -0.15) is 0 Å². The van der Waals surface area contributed by atoms with Crippen molar-refractivity contribution in [3.8, 4) is 0 Å². The summed E-state index contributed by atoms with van der Waals surface area (Å²) in [7, 11) is -3.62. The summed E-state index contributed by atoms with van der Waals surface area (Å²) >= 11 is 6.59. The molecular formula is C16H12ClN3O3S2. The number of nitrogens with one attached hydrogen (secondary N) is 1. The number of hydrogen-bond acceptors (Lipinski definition) is 6. The number of carbonyl (C=O) groups is 1. The van der Waals surface area contributed by atoms with E-state index in [1.165, 1.54) is 0 Å². The molecule has 0 radical (unpaired) electrons. The van der Waals surface area contributed by atoms with E-state index in [2.05, 4.69) is 15.5 Å². The first kappa shape index (κ1) is 17.5. The van der Waals surface area contributed by atoms with Crippen LogP contribution >= 0.6 is 22.9 Å². The summed E-state index contributed by atoms with van der Waals surface area (Å²) in [4.78, 5) is 12.1. The predicted molar refractivity (Wildman–Crippen MR) is 96.6 cm³/mol. The van der Waals surface area contributed by atoms with Crippen LogP contribution in [-0.2, 0) is 15.6 Å². The van der Waals surface area contributed by atoms with E-state index in [1.54, 1.807) is 48.5 Å². The molecule has 0 aliphatic rings. The van der Waals surface area contributed by atoms with Crippen LogP contribution in [-0.4, -0.2) is 24.5 Å². The van der Waals surface area contributed by atoms with Crippen LogP contribution in [0.5, 0.6) is 0 Å². The molecule has 3 aromatic rings. The van der Waals surface area contributed by atoms with Crippen molar-refractivity contribution in [1.82, 2.24) is 10.2 Å². The molecule has 128 valence electrons. The average molecular weight is 394 g/mol. The van der Waals surface area contributed by atoms with Gasteiger partial charge in [0.2, 0.25) is 19.3 Å². The number of hydrogen-bond donors (Lipinski definition) is 1. The molecule has 0 unspecified atom stereocenters. The zero-order chi connectivity index (χ0) is 17.9. The molecule has 0 aliphatic heterocycles. The van der Waals surface area contributed by atoms with Gasteiger partial charge in [-0.25, -0.2) is 8.42 Å². The summed E-state index contributed by atoms with van der Waals surface area (Å²) < 4.78 is 24.6. The Morgan fingerprint density at radius 2 is 1.72 bits per heavy atom. The van der Waals surface area contributed by atoms with E-state index in [-0.39, 0.29) is 15.2 Å². The lowest BCUT2D eigenvalue weighted by atomic mass is 10.2. The SMILES string of the molecule is O=C(Nc1nnc(S(=O)(=O)Cc2ccccc2)s1)c1ccc(Cl)cc1. The Hall–Kier alpha value is -2.29. The van der Waals surface area contributed by atoms with Crippen molar-refractivity contribution < 1.29 is 13.2 Å². The van der Waals surface area contributed by atoms with Gasteiger partial charge in [-0.05, 0) is 29.8 Å². The van der Waals surface area contributed by atoms with Crippen molar-refractivity contribution in [3.63, 3.8) is 0 Å². The summed E-state index contributed by atoms with van der Waals surface area (Å²) in [5, 5.41) is 10.6. The highest BCUT2D eigenvalue weighted by atomic mass is 35.5. The molecule has 0 bridgehead atoms. The lowest BCUT2D eigenvalue weighted by molar-refractivity contribution is 0.102. The monoisotopic (exact) mass is 393 g/mol. The number of halogens is 1. The van der Waals surface area contributed by atoms with Gasteiger partial charge in [0.25, 0.3) is 5.91 Å². The van der Waals surface area contributed by atoms with Crippen LogP contribution < -0.4 is 5.32 Å². The molecule has 0 saturated carbocycles. The van der Waals surface area contributed by atoms with Gasteiger partial charge in [0.05, 0.1) is 5.75 Å². The molecule has 0 spiro atoms. The van der Waals surface area contributed by atoms with Crippen LogP contribution in [0.3, 0.4) is 0 Å². The standard InChI is InChI=1S/C16H12ClN3O3S2/c17-13-8-6-12(7-9-13)14(21)18-15-19-20-16(24-15)25(22,23)10-11-4-2-1-3-5-11/h1-9H,10H2,(H,18,19,21). The molecule has 6 nitrogen and oxygen atoms in total. The second-order valence-corrected chi connectivity index (χ2v) is 8.66. The minimum absolute atomic E-state index is 0.117. The summed E-state index contributed by atoms with van der Waals surface area (Å²) in [5.41, 5.74) is 1.04. The Labute approximate surface area is 153 Å². The fourth-order valence-electron chi connectivity index (χ4n) is 2.01. The Bertz CT molecular complexity index is 987. The molecule has 1 heterocycles. The van der Waals surface area contributed by atoms with Gasteiger partial charge >= 0.3 is 0 Å². The van der Waals surface area contributed by atoms with Crippen LogP contribution in [0.1, 0.15) is 15.9 Å². The largest absolute Gasteiger partial charge is 0.296 e. The predicted octanol–water partition coefficient (Wildman–Crippen LogP) is 3.42. The van der Waals surface area contributed by atoms with Crippen molar-refractivity contribution >= 4 is 43.8 Å². The van der Waals surface area contributed by atoms with Crippen LogP contribution in [0.2, 0.25) is 5.02 Å². The summed E-state index contributed by atoms with van der Waals surface area (Å²) in [6.07, 6.45) is 0. The zero-order valence-corrected chi connectivity index (χ0v) is 15.1. The van der Waals surface area contributed by atoms with Gasteiger partial charge < -0.3 is 0 Å². The summed E-state index contributed by atoms with van der Waals surface area (Å²) in [5.74, 6) is -0.590. The Morgan fingerprint density at radius 3 is 2.40 bits per heavy atom. The van der Waals surface area contributed by atoms with Crippen molar-refractivity contribution in [2.45, 2.75) is 10.1 Å². The molecule has 0 aliphatic carbocycles. The Balaban J connectivity index is 1.73. The van der Waals surface area contributed by atoms with Gasteiger partial charge in [0.1, 0.15) is 0 Å². The van der Waals surface area contributed by atoms with E-state index in [0.29, 0.717) is 16.1 Å². The molecule has 0 saturated heterocycles. The number of amides is 1. The minimum Gasteiger partial charge on any atom is -0.296 e. The van der Waals surface area contributed by atoms with Gasteiger partial charge in [0, 0.05) is 10.6 Å². The maximum Gasteiger partial charge on any atom is 0.257 e. The van der Waals surface area contributed by atoms with E-state index >= 15 is 0 Å². The third-order valence-corrected chi connectivity index (χ3v) is 6.42. The maximum absolute atomic E-state index is 12.4. The van der Waals surface area contributed by atoms with Crippen LogP contribution in [0.4, 0.5) is 5.13 Å². The number of benzene rings is 2. The van der Waals surface area contributed by atoms with Gasteiger partial charge in [0.15, 0.2) is 0 Å². The maximum atomic E-state index is 12.4. The van der Waals surface area contributed by atoms with Crippen molar-refractivity contribution in [3.05, 3.63) is 70.7 Å². The lowest BCUT2D eigenvalue weighted by Crippen LogP contribution is -2.11. The van der Waals surface area contributed by atoms with Crippen LogP contribution in [0.15, 0.2) is 58.9 Å². The first-order valence-corrected chi connectivity index (χ1v) is 9.96. The fraction of sp³-hybridized carbons (Fsp3) is 0.0625. The Kier molecular flexibility index (Phi) is 5.12. The molecule has 0 fully saturated rings. The first-order chi connectivity index (χ1) is 11.9. The van der Waals surface area contributed by atoms with Crippen LogP contribution in [0.25, 0.3) is 0 Å². The molecule has 1 amide bonds. The normalized spacial score (nSPS) is 11.2. The smallest absolute Gasteiger partial charge is 0.257 e. The molecule has 0 atom stereocenters. The fourth-order valence-corrected chi connectivity index (χ4v) is 4.45. The second kappa shape index (κ2) is 7.30. The highest BCUT2D eigenvalue weighted by Gasteiger charge is 2.21. The number of carbonyl (C=O) groups excluding carboxylic acids is 1. The number of rotatable bonds is 5. The van der Waals surface area contributed by atoms with Gasteiger partial charge in [-0.1, -0.05) is 53.3 Å². The molecule has 9 heteroatoms. The number of nitrogens with zero attached hydrogens (tertiary/aromatic N) is 2. The number of anilines is 1. The molecular weight excluding hydrogens is 382 g/mol. The molecule has 2 aromatic carbocycles. The van der Waals surface area contributed by atoms with E-state index in [1.807, 2.05) is 6.07 Å². The van der Waals surface area contributed by atoms with E-state index in [9.17, 15) is 13.2 Å². The van der Waals surface area contributed by atoms with Crippen molar-refractivity contribution in [2.24, 2.45) is 0 Å². The highest BCUT2D eigenvalue weighted by molar-refractivity contribution is 7.92. The molecule has 1 aromatic heterocycles. The van der Waals surface area contributed by atoms with Crippen molar-refractivity contribution in [2.75, 3.05) is 5.32 Å². The molecule has 25 heavy (non-hydrogen) atoms. The van der Waals surface area contributed by atoms with Gasteiger partial charge in [-0.3, -0.25) is 10.1 Å². The summed E-state index contributed by atoms with van der Waals surface area (Å²) in [6.45, 7) is 0. The highest BCUT2D eigenvalue weighted by Crippen LogP contribution is 2.24. The second-order valence-electron chi connectivity index (χ2n) is 5.08. The summed E-state index contributed by atoms with van der Waals surface area (Å²) in [6, 6.07) is 15.1. The van der Waals surface area contributed by atoms with Crippen LogP contribution in [0, 0.1) is 0 Å². The third-order valence-electron chi connectivity index (χ3n) is 3.20. The lowest BCUT2D eigenvalue weighted by Gasteiger charge is -2.01. The molecule has 1 N–H and O–H groups in total. The van der Waals surface area contributed by atoms with Gasteiger partial charge in [-0.15, -0.1) is 10.2 Å². The van der Waals surface area contributed by atoms with E-state index < -0.39 is 15.7 Å². The van der Waals surface area contributed by atoms with E-state index in [4.69, 9.17) is 11.6 Å². The quantitative estimate of drug-likeness (QED) is 0.671. The zero-order valence-electron chi connectivity index (χ0n) is 12.7. The number of aromatic nitrogens is 2.